The summed E-state index contributed by atoms with van der Waals surface area (Å²) >= 11 is 0. The van der Waals surface area contributed by atoms with Crippen LogP contribution in [0.1, 0.15) is 23.5 Å². The summed E-state index contributed by atoms with van der Waals surface area (Å²) < 4.78 is 5.75. The van der Waals surface area contributed by atoms with E-state index in [4.69, 9.17) is 9.84 Å². The first kappa shape index (κ1) is 14.8. The third-order valence-electron chi connectivity index (χ3n) is 4.66. The van der Waals surface area contributed by atoms with Crippen molar-refractivity contribution in [1.82, 2.24) is 0 Å². The molecule has 1 aliphatic carbocycles. The number of rotatable bonds is 5. The van der Waals surface area contributed by atoms with E-state index in [-0.39, 0.29) is 11.8 Å². The van der Waals surface area contributed by atoms with Gasteiger partial charge < -0.3 is 15.2 Å². The van der Waals surface area contributed by atoms with E-state index in [1.807, 2.05) is 42.5 Å². The fourth-order valence-corrected chi connectivity index (χ4v) is 3.17. The minimum Gasteiger partial charge on any atom is -0.489 e. The van der Waals surface area contributed by atoms with Crippen molar-refractivity contribution in [1.29, 1.82) is 0 Å². The predicted molar refractivity (Wildman–Crippen MR) is 93.3 cm³/mol. The average molecular weight is 321 g/mol. The molecule has 0 bridgehead atoms. The number of carbonyl (C=O) groups is 1. The quantitative estimate of drug-likeness (QED) is 0.880. The van der Waals surface area contributed by atoms with Gasteiger partial charge in [-0.05, 0) is 47.8 Å². The first-order valence-electron chi connectivity index (χ1n) is 8.18. The van der Waals surface area contributed by atoms with Crippen LogP contribution in [0.4, 0.5) is 5.69 Å². The molecule has 1 heterocycles. The number of anilines is 1. The van der Waals surface area contributed by atoms with Crippen molar-refractivity contribution in [3.63, 3.8) is 0 Å². The zero-order valence-electron chi connectivity index (χ0n) is 13.2. The standard InChI is InChI=1S/C20H19NO3/c22-20(23)18-10-17(18)14-5-7-16(8-6-14)21-11-13-9-15-3-1-2-4-19(15)24-12-13/h1-9,17-18,21H,10-12H2,(H,22,23)/t17-,18+/m0/s1. The minimum absolute atomic E-state index is 0.183. The Morgan fingerprint density at radius 2 is 1.96 bits per heavy atom. The van der Waals surface area contributed by atoms with E-state index in [1.54, 1.807) is 0 Å². The third-order valence-corrected chi connectivity index (χ3v) is 4.66. The van der Waals surface area contributed by atoms with Gasteiger partial charge in [0, 0.05) is 17.8 Å². The molecule has 4 heteroatoms. The Morgan fingerprint density at radius 3 is 2.71 bits per heavy atom. The van der Waals surface area contributed by atoms with Crippen LogP contribution in [0.5, 0.6) is 5.75 Å². The summed E-state index contributed by atoms with van der Waals surface area (Å²) in [5, 5.41) is 12.4. The number of fused-ring (bicyclic) bond motifs is 1. The zero-order valence-corrected chi connectivity index (χ0v) is 13.2. The van der Waals surface area contributed by atoms with Gasteiger partial charge in [0.05, 0.1) is 5.92 Å². The van der Waals surface area contributed by atoms with Crippen LogP contribution >= 0.6 is 0 Å². The Balaban J connectivity index is 1.37. The van der Waals surface area contributed by atoms with Gasteiger partial charge in [-0.25, -0.2) is 0 Å². The van der Waals surface area contributed by atoms with Gasteiger partial charge in [-0.2, -0.15) is 0 Å². The maximum absolute atomic E-state index is 10.9. The first-order valence-corrected chi connectivity index (χ1v) is 8.18. The van der Waals surface area contributed by atoms with Crippen LogP contribution in [0.2, 0.25) is 0 Å². The number of benzene rings is 2. The lowest BCUT2D eigenvalue weighted by atomic mass is 10.1. The van der Waals surface area contributed by atoms with Crippen LogP contribution in [0, 0.1) is 5.92 Å². The van der Waals surface area contributed by atoms with Gasteiger partial charge in [-0.1, -0.05) is 30.3 Å². The van der Waals surface area contributed by atoms with E-state index in [0.717, 1.165) is 35.5 Å². The maximum atomic E-state index is 10.9. The largest absolute Gasteiger partial charge is 0.489 e. The van der Waals surface area contributed by atoms with E-state index in [1.165, 1.54) is 5.57 Å². The van der Waals surface area contributed by atoms with Gasteiger partial charge in [-0.3, -0.25) is 4.79 Å². The van der Waals surface area contributed by atoms with Gasteiger partial charge in [0.25, 0.3) is 0 Å². The Bertz CT molecular complexity index is 795. The van der Waals surface area contributed by atoms with Gasteiger partial charge in [-0.15, -0.1) is 0 Å². The molecule has 1 saturated carbocycles. The molecule has 2 aliphatic rings. The summed E-state index contributed by atoms with van der Waals surface area (Å²) in [6.07, 6.45) is 2.92. The Kier molecular flexibility index (Phi) is 3.73. The number of carboxylic acid groups (broad SMARTS) is 1. The summed E-state index contributed by atoms with van der Waals surface area (Å²) in [6.45, 7) is 1.33. The summed E-state index contributed by atoms with van der Waals surface area (Å²) in [7, 11) is 0. The molecule has 2 aromatic rings. The van der Waals surface area contributed by atoms with Crippen LogP contribution in [-0.4, -0.2) is 24.2 Å². The monoisotopic (exact) mass is 321 g/mol. The molecule has 2 N–H and O–H groups in total. The molecule has 4 rings (SSSR count). The molecule has 1 aliphatic heterocycles. The third kappa shape index (κ3) is 3.00. The van der Waals surface area contributed by atoms with E-state index >= 15 is 0 Å². The highest BCUT2D eigenvalue weighted by molar-refractivity contribution is 5.75. The van der Waals surface area contributed by atoms with Gasteiger partial charge in [0.2, 0.25) is 0 Å². The summed E-state index contributed by atoms with van der Waals surface area (Å²) in [4.78, 5) is 10.9. The molecule has 122 valence electrons. The second-order valence-electron chi connectivity index (χ2n) is 6.39. The highest BCUT2D eigenvalue weighted by atomic mass is 16.5. The zero-order chi connectivity index (χ0) is 16.5. The van der Waals surface area contributed by atoms with Crippen molar-refractivity contribution in [3.05, 3.63) is 65.2 Å². The number of ether oxygens (including phenoxy) is 1. The molecule has 0 saturated heterocycles. The smallest absolute Gasteiger partial charge is 0.307 e. The average Bonchev–Trinajstić information content (AvgIpc) is 3.41. The predicted octanol–water partition coefficient (Wildman–Crippen LogP) is 3.76. The first-order chi connectivity index (χ1) is 11.7. The molecule has 0 aromatic heterocycles. The lowest BCUT2D eigenvalue weighted by Crippen LogP contribution is -2.14. The molecular formula is C20H19NO3. The lowest BCUT2D eigenvalue weighted by Gasteiger charge is -2.18. The number of aliphatic carboxylic acids is 1. The normalized spacial score (nSPS) is 21.2. The summed E-state index contributed by atoms with van der Waals surface area (Å²) in [6, 6.07) is 16.1. The fourth-order valence-electron chi connectivity index (χ4n) is 3.17. The second kappa shape index (κ2) is 6.04. The fraction of sp³-hybridized carbons (Fsp3) is 0.250. The number of hydrogen-bond acceptors (Lipinski definition) is 3. The van der Waals surface area contributed by atoms with Crippen molar-refractivity contribution in [2.45, 2.75) is 12.3 Å². The molecule has 24 heavy (non-hydrogen) atoms. The minimum atomic E-state index is -0.688. The number of hydrogen-bond donors (Lipinski definition) is 2. The van der Waals surface area contributed by atoms with Crippen LogP contribution in [0.15, 0.2) is 54.1 Å². The highest BCUT2D eigenvalue weighted by Crippen LogP contribution is 2.47. The van der Waals surface area contributed by atoms with Crippen LogP contribution in [0.25, 0.3) is 6.08 Å². The number of carboxylic acids is 1. The Morgan fingerprint density at radius 1 is 1.17 bits per heavy atom. The molecule has 0 spiro atoms. The van der Waals surface area contributed by atoms with Gasteiger partial charge >= 0.3 is 5.97 Å². The second-order valence-corrected chi connectivity index (χ2v) is 6.39. The van der Waals surface area contributed by atoms with Crippen LogP contribution in [-0.2, 0) is 4.79 Å². The van der Waals surface area contributed by atoms with Gasteiger partial charge in [0.1, 0.15) is 12.4 Å². The maximum Gasteiger partial charge on any atom is 0.307 e. The van der Waals surface area contributed by atoms with E-state index in [2.05, 4.69) is 17.5 Å². The van der Waals surface area contributed by atoms with Crippen LogP contribution < -0.4 is 10.1 Å². The summed E-state index contributed by atoms with van der Waals surface area (Å²) in [5.74, 6) is 0.227. The molecule has 2 aromatic carbocycles. The van der Waals surface area contributed by atoms with E-state index in [0.29, 0.717) is 6.61 Å². The van der Waals surface area contributed by atoms with Gasteiger partial charge in [0.15, 0.2) is 0 Å². The Hall–Kier alpha value is -2.75. The van der Waals surface area contributed by atoms with E-state index in [9.17, 15) is 4.79 Å². The lowest BCUT2D eigenvalue weighted by molar-refractivity contribution is -0.138. The van der Waals surface area contributed by atoms with Crippen molar-refractivity contribution < 1.29 is 14.6 Å². The topological polar surface area (TPSA) is 58.6 Å². The van der Waals surface area contributed by atoms with Crippen molar-refractivity contribution >= 4 is 17.7 Å². The molecule has 2 atom stereocenters. The molecule has 1 fully saturated rings. The van der Waals surface area contributed by atoms with Crippen molar-refractivity contribution in [3.8, 4) is 5.75 Å². The molecule has 0 unspecified atom stereocenters. The Labute approximate surface area is 140 Å². The number of nitrogens with one attached hydrogen (secondary N) is 1. The number of para-hydroxylation sites is 1. The van der Waals surface area contributed by atoms with E-state index < -0.39 is 5.97 Å². The van der Waals surface area contributed by atoms with Crippen LogP contribution in [0.3, 0.4) is 0 Å². The molecular weight excluding hydrogens is 302 g/mol. The molecule has 0 radical (unpaired) electrons. The van der Waals surface area contributed by atoms with Crippen molar-refractivity contribution in [2.75, 3.05) is 18.5 Å². The summed E-state index contributed by atoms with van der Waals surface area (Å²) in [5.41, 5.74) is 4.46. The van der Waals surface area contributed by atoms with Crippen molar-refractivity contribution in [2.24, 2.45) is 5.92 Å². The highest BCUT2D eigenvalue weighted by Gasteiger charge is 2.43. The molecule has 0 amide bonds. The SMILES string of the molecule is O=C(O)[C@@H]1C[C@H]1c1ccc(NCC2=Cc3ccccc3OC2)cc1. The molecule has 4 nitrogen and oxygen atoms in total.